The number of rotatable bonds is 7. The monoisotopic (exact) mass is 461 g/mol. The molecule has 0 unspecified atom stereocenters. The van der Waals surface area contributed by atoms with Gasteiger partial charge in [-0.15, -0.1) is 0 Å². The number of imide groups is 1. The van der Waals surface area contributed by atoms with Crippen molar-refractivity contribution in [1.82, 2.24) is 15.5 Å². The van der Waals surface area contributed by atoms with E-state index < -0.39 is 28.8 Å². The molecule has 0 radical (unpaired) electrons. The van der Waals surface area contributed by atoms with Crippen LogP contribution in [0.15, 0.2) is 53.4 Å². The highest BCUT2D eigenvalue weighted by molar-refractivity contribution is 8.18. The number of hydrogen-bond acceptors (Lipinski definition) is 5. The van der Waals surface area contributed by atoms with Gasteiger partial charge in [0.25, 0.3) is 17.1 Å². The van der Waals surface area contributed by atoms with Gasteiger partial charge in [-0.2, -0.15) is 0 Å². The molecule has 2 N–H and O–H groups in total. The van der Waals surface area contributed by atoms with Crippen molar-refractivity contribution < 1.29 is 23.6 Å². The number of carbonyl (C=O) groups is 4. The lowest BCUT2D eigenvalue weighted by atomic mass is 10.2. The molecule has 1 heterocycles. The maximum Gasteiger partial charge on any atom is 0.293 e. The van der Waals surface area contributed by atoms with Crippen molar-refractivity contribution in [2.24, 2.45) is 0 Å². The van der Waals surface area contributed by atoms with E-state index in [0.29, 0.717) is 10.6 Å². The second-order valence-electron chi connectivity index (χ2n) is 6.37. The summed E-state index contributed by atoms with van der Waals surface area (Å²) in [7, 11) is 0. The Balaban J connectivity index is 1.48. The van der Waals surface area contributed by atoms with E-state index >= 15 is 0 Å². The highest BCUT2D eigenvalue weighted by Gasteiger charge is 2.34. The summed E-state index contributed by atoms with van der Waals surface area (Å²) in [5, 5.41) is 4.82. The van der Waals surface area contributed by atoms with Gasteiger partial charge in [0.05, 0.1) is 17.0 Å². The molecule has 7 nitrogen and oxygen atoms in total. The van der Waals surface area contributed by atoms with Crippen LogP contribution < -0.4 is 10.6 Å². The molecule has 0 atom stereocenters. The molecule has 3 rings (SSSR count). The topological polar surface area (TPSA) is 95.6 Å². The van der Waals surface area contributed by atoms with Crippen molar-refractivity contribution in [2.45, 2.75) is 0 Å². The van der Waals surface area contributed by atoms with Gasteiger partial charge in [0.15, 0.2) is 0 Å². The minimum Gasteiger partial charge on any atom is -0.353 e. The summed E-state index contributed by atoms with van der Waals surface area (Å²) in [6.45, 7) is -0.398. The van der Waals surface area contributed by atoms with Crippen molar-refractivity contribution in [3.8, 4) is 0 Å². The molecule has 0 spiro atoms. The van der Waals surface area contributed by atoms with Crippen LogP contribution in [0.1, 0.15) is 15.9 Å². The lowest BCUT2D eigenvalue weighted by Gasteiger charge is -2.13. The maximum absolute atomic E-state index is 13.6. The van der Waals surface area contributed by atoms with Crippen molar-refractivity contribution in [3.63, 3.8) is 0 Å². The van der Waals surface area contributed by atoms with Crippen LogP contribution in [0.2, 0.25) is 5.02 Å². The van der Waals surface area contributed by atoms with Gasteiger partial charge in [0, 0.05) is 18.1 Å². The molecule has 1 aliphatic heterocycles. The third-order valence-corrected chi connectivity index (χ3v) is 5.50. The van der Waals surface area contributed by atoms with Gasteiger partial charge in [-0.3, -0.25) is 24.1 Å². The molecule has 0 saturated carbocycles. The fourth-order valence-corrected chi connectivity index (χ4v) is 3.74. The first kappa shape index (κ1) is 22.5. The summed E-state index contributed by atoms with van der Waals surface area (Å²) in [5.41, 5.74) is 0.451. The average Bonchev–Trinajstić information content (AvgIpc) is 3.01. The predicted octanol–water partition coefficient (Wildman–Crippen LogP) is 3.06. The van der Waals surface area contributed by atoms with Gasteiger partial charge in [0.1, 0.15) is 5.82 Å². The highest BCUT2D eigenvalue weighted by atomic mass is 35.5. The zero-order chi connectivity index (χ0) is 22.4. The number of nitrogens with one attached hydrogen (secondary N) is 2. The molecule has 1 fully saturated rings. The summed E-state index contributed by atoms with van der Waals surface area (Å²) in [6.07, 6.45) is 1.55. The van der Waals surface area contributed by atoms with Crippen LogP contribution in [-0.2, 0) is 9.59 Å². The normalized spacial score (nSPS) is 14.8. The van der Waals surface area contributed by atoms with E-state index in [1.807, 2.05) is 0 Å². The molecule has 0 bridgehead atoms. The van der Waals surface area contributed by atoms with E-state index in [2.05, 4.69) is 10.6 Å². The molecular weight excluding hydrogens is 445 g/mol. The summed E-state index contributed by atoms with van der Waals surface area (Å²) in [6, 6.07) is 12.3. The third-order valence-electron chi connectivity index (χ3n) is 4.25. The number of thioether (sulfide) groups is 1. The van der Waals surface area contributed by atoms with Crippen LogP contribution in [0.3, 0.4) is 0 Å². The fraction of sp³-hybridized carbons (Fsp3) is 0.143. The summed E-state index contributed by atoms with van der Waals surface area (Å²) in [4.78, 5) is 49.7. The zero-order valence-corrected chi connectivity index (χ0v) is 17.6. The second-order valence-corrected chi connectivity index (χ2v) is 7.77. The van der Waals surface area contributed by atoms with Gasteiger partial charge in [-0.25, -0.2) is 4.39 Å². The van der Waals surface area contributed by atoms with Crippen molar-refractivity contribution in [3.05, 3.63) is 75.4 Å². The molecule has 160 valence electrons. The number of hydrogen-bond donors (Lipinski definition) is 2. The number of halogens is 2. The zero-order valence-electron chi connectivity index (χ0n) is 16.1. The van der Waals surface area contributed by atoms with E-state index in [1.165, 1.54) is 18.2 Å². The minimum absolute atomic E-state index is 0.00577. The number of amides is 4. The number of benzene rings is 2. The Hall–Kier alpha value is -3.17. The molecular formula is C21H17ClFN3O4S. The lowest BCUT2D eigenvalue weighted by Crippen LogP contribution is -2.41. The first-order valence-electron chi connectivity index (χ1n) is 9.16. The van der Waals surface area contributed by atoms with Gasteiger partial charge >= 0.3 is 0 Å². The van der Waals surface area contributed by atoms with Crippen LogP contribution in [-0.4, -0.2) is 47.5 Å². The van der Waals surface area contributed by atoms with Crippen molar-refractivity contribution in [2.75, 3.05) is 19.6 Å². The highest BCUT2D eigenvalue weighted by Crippen LogP contribution is 2.33. The van der Waals surface area contributed by atoms with E-state index in [4.69, 9.17) is 11.6 Å². The standard InChI is InChI=1S/C21H17ClFN3O4S/c22-15-7-3-1-5-13(15)11-17-20(29)26(21(30)31-17)10-9-24-18(27)12-25-19(28)14-6-2-4-8-16(14)23/h1-8,11H,9-10,12H2,(H,24,27)(H,25,28)/b17-11-. The Morgan fingerprint density at radius 1 is 1.06 bits per heavy atom. The summed E-state index contributed by atoms with van der Waals surface area (Å²) >= 11 is 6.87. The Morgan fingerprint density at radius 2 is 1.77 bits per heavy atom. The minimum atomic E-state index is -0.719. The molecule has 4 amide bonds. The number of carbonyl (C=O) groups excluding carboxylic acids is 4. The van der Waals surface area contributed by atoms with Crippen LogP contribution in [0.4, 0.5) is 9.18 Å². The Kier molecular flexibility index (Phi) is 7.43. The van der Waals surface area contributed by atoms with E-state index in [9.17, 15) is 23.6 Å². The van der Waals surface area contributed by atoms with Gasteiger partial charge in [0.2, 0.25) is 5.91 Å². The average molecular weight is 462 g/mol. The second kappa shape index (κ2) is 10.2. The molecule has 2 aromatic carbocycles. The first-order chi connectivity index (χ1) is 14.9. The van der Waals surface area contributed by atoms with E-state index in [1.54, 1.807) is 30.3 Å². The molecule has 0 aliphatic carbocycles. The Morgan fingerprint density at radius 3 is 2.52 bits per heavy atom. The number of nitrogens with zero attached hydrogens (tertiary/aromatic N) is 1. The van der Waals surface area contributed by atoms with Gasteiger partial charge in [-0.1, -0.05) is 41.9 Å². The van der Waals surface area contributed by atoms with Gasteiger partial charge < -0.3 is 10.6 Å². The van der Waals surface area contributed by atoms with Gasteiger partial charge in [-0.05, 0) is 41.6 Å². The summed E-state index contributed by atoms with van der Waals surface area (Å²) in [5.74, 6) is -2.42. The van der Waals surface area contributed by atoms with Crippen molar-refractivity contribution in [1.29, 1.82) is 0 Å². The van der Waals surface area contributed by atoms with E-state index in [-0.39, 0.29) is 30.1 Å². The van der Waals surface area contributed by atoms with Crippen LogP contribution in [0.5, 0.6) is 0 Å². The lowest BCUT2D eigenvalue weighted by molar-refractivity contribution is -0.124. The Bertz CT molecular complexity index is 1080. The maximum atomic E-state index is 13.6. The largest absolute Gasteiger partial charge is 0.353 e. The van der Waals surface area contributed by atoms with Crippen LogP contribution >= 0.6 is 23.4 Å². The van der Waals surface area contributed by atoms with E-state index in [0.717, 1.165) is 22.7 Å². The molecule has 1 aliphatic rings. The SMILES string of the molecule is O=C(CNC(=O)c1ccccc1F)NCCN1C(=O)S/C(=C\c2ccccc2Cl)C1=O. The molecule has 10 heteroatoms. The Labute approximate surface area is 186 Å². The van der Waals surface area contributed by atoms with Crippen molar-refractivity contribution >= 4 is 52.4 Å². The molecule has 0 aromatic heterocycles. The molecule has 31 heavy (non-hydrogen) atoms. The quantitative estimate of drug-likeness (QED) is 0.618. The molecule has 1 saturated heterocycles. The third kappa shape index (κ3) is 5.71. The smallest absolute Gasteiger partial charge is 0.293 e. The fourth-order valence-electron chi connectivity index (χ4n) is 2.70. The predicted molar refractivity (Wildman–Crippen MR) is 116 cm³/mol. The summed E-state index contributed by atoms with van der Waals surface area (Å²) < 4.78 is 13.6. The van der Waals surface area contributed by atoms with Crippen LogP contribution in [0.25, 0.3) is 6.08 Å². The molecule has 2 aromatic rings. The van der Waals surface area contributed by atoms with Crippen LogP contribution in [0, 0.1) is 5.82 Å². The first-order valence-corrected chi connectivity index (χ1v) is 10.4.